The van der Waals surface area contributed by atoms with Crippen LogP contribution in [0.2, 0.25) is 0 Å². The van der Waals surface area contributed by atoms with Gasteiger partial charge in [0, 0.05) is 32.0 Å². The third-order valence-electron chi connectivity index (χ3n) is 4.31. The van der Waals surface area contributed by atoms with Crippen LogP contribution in [-0.4, -0.2) is 46.2 Å². The third-order valence-corrected chi connectivity index (χ3v) is 4.31. The van der Waals surface area contributed by atoms with Gasteiger partial charge in [0.15, 0.2) is 0 Å². The monoisotopic (exact) mass is 240 g/mol. The number of rotatable bonds is 3. The molecule has 0 aromatic rings. The van der Waals surface area contributed by atoms with Crippen molar-refractivity contribution in [2.45, 2.75) is 51.0 Å². The highest BCUT2D eigenvalue weighted by Gasteiger charge is 2.35. The summed E-state index contributed by atoms with van der Waals surface area (Å²) in [5.74, 6) is 0.360. The topological polar surface area (TPSA) is 56.1 Å². The van der Waals surface area contributed by atoms with Crippen molar-refractivity contribution in [1.82, 2.24) is 4.90 Å². The molecule has 4 nitrogen and oxygen atoms in total. The van der Waals surface area contributed by atoms with E-state index >= 15 is 0 Å². The number of likely N-dealkylation sites (tertiary alicyclic amines) is 1. The zero-order valence-electron chi connectivity index (χ0n) is 10.7. The smallest absolute Gasteiger partial charge is 0.0774 e. The average molecular weight is 240 g/mol. The molecule has 0 radical (unpaired) electrons. The van der Waals surface area contributed by atoms with Crippen LogP contribution in [0.3, 0.4) is 0 Å². The van der Waals surface area contributed by atoms with E-state index in [9.17, 15) is 5.11 Å². The highest BCUT2D eigenvalue weighted by atomic mass is 16.4. The number of hydrogen-bond acceptors (Lipinski definition) is 4. The van der Waals surface area contributed by atoms with Crippen molar-refractivity contribution < 1.29 is 10.3 Å². The summed E-state index contributed by atoms with van der Waals surface area (Å²) in [6.07, 6.45) is 6.05. The summed E-state index contributed by atoms with van der Waals surface area (Å²) in [5.41, 5.74) is 0.480. The number of nitrogens with zero attached hydrogens (tertiary/aromatic N) is 2. The first kappa shape index (κ1) is 12.8. The molecular formula is C13H24N2O2. The highest BCUT2D eigenvalue weighted by Crippen LogP contribution is 2.31. The van der Waals surface area contributed by atoms with Gasteiger partial charge in [0.1, 0.15) is 0 Å². The molecule has 0 bridgehead atoms. The van der Waals surface area contributed by atoms with Gasteiger partial charge in [-0.25, -0.2) is 0 Å². The summed E-state index contributed by atoms with van der Waals surface area (Å²) >= 11 is 0. The lowest BCUT2D eigenvalue weighted by Gasteiger charge is -2.37. The Labute approximate surface area is 103 Å². The van der Waals surface area contributed by atoms with Gasteiger partial charge in [0.2, 0.25) is 0 Å². The van der Waals surface area contributed by atoms with E-state index in [0.29, 0.717) is 5.92 Å². The number of hydrogen-bond donors (Lipinski definition) is 2. The van der Waals surface area contributed by atoms with E-state index in [4.69, 9.17) is 5.21 Å². The molecule has 0 spiro atoms. The van der Waals surface area contributed by atoms with E-state index in [1.54, 1.807) is 0 Å². The van der Waals surface area contributed by atoms with Crippen LogP contribution < -0.4 is 0 Å². The van der Waals surface area contributed by atoms with Crippen LogP contribution in [0.1, 0.15) is 45.4 Å². The maximum absolute atomic E-state index is 10.4. The van der Waals surface area contributed by atoms with E-state index in [1.165, 1.54) is 0 Å². The maximum atomic E-state index is 10.4. The van der Waals surface area contributed by atoms with Gasteiger partial charge in [-0.1, -0.05) is 24.9 Å². The molecule has 0 aromatic heterocycles. The fourth-order valence-electron chi connectivity index (χ4n) is 3.23. The predicted octanol–water partition coefficient (Wildman–Crippen LogP) is 1.85. The zero-order chi connectivity index (χ0) is 12.3. The molecule has 1 saturated carbocycles. The lowest BCUT2D eigenvalue weighted by molar-refractivity contribution is 0.00535. The largest absolute Gasteiger partial charge is 0.411 e. The molecule has 1 unspecified atom stereocenters. The van der Waals surface area contributed by atoms with Crippen LogP contribution in [0.5, 0.6) is 0 Å². The Kier molecular flexibility index (Phi) is 4.05. The SMILES string of the molecule is CCC1CN(CC2(O)CCCC2)CCC1=NO. The van der Waals surface area contributed by atoms with Crippen molar-refractivity contribution in [2.24, 2.45) is 11.1 Å². The van der Waals surface area contributed by atoms with Gasteiger partial charge < -0.3 is 10.3 Å². The molecule has 2 rings (SSSR count). The zero-order valence-corrected chi connectivity index (χ0v) is 10.7. The van der Waals surface area contributed by atoms with Gasteiger partial charge in [-0.05, 0) is 19.3 Å². The number of aliphatic hydroxyl groups is 1. The first-order chi connectivity index (χ1) is 8.17. The molecule has 1 saturated heterocycles. The van der Waals surface area contributed by atoms with Crippen LogP contribution in [0.4, 0.5) is 0 Å². The summed E-state index contributed by atoms with van der Waals surface area (Å²) < 4.78 is 0. The number of β-amino-alcohol motifs (C(OH)–C–C–N with tert-alkyl or cyclic N) is 1. The van der Waals surface area contributed by atoms with Gasteiger partial charge in [-0.3, -0.25) is 4.90 Å². The lowest BCUT2D eigenvalue weighted by Crippen LogP contribution is -2.48. The van der Waals surface area contributed by atoms with Crippen LogP contribution in [0.15, 0.2) is 5.16 Å². The minimum absolute atomic E-state index is 0.360. The number of oxime groups is 1. The highest BCUT2D eigenvalue weighted by molar-refractivity contribution is 5.87. The second kappa shape index (κ2) is 5.36. The van der Waals surface area contributed by atoms with E-state index in [1.807, 2.05) is 0 Å². The van der Waals surface area contributed by atoms with Gasteiger partial charge >= 0.3 is 0 Å². The summed E-state index contributed by atoms with van der Waals surface area (Å²) in [6.45, 7) is 4.77. The molecule has 0 amide bonds. The van der Waals surface area contributed by atoms with Crippen LogP contribution >= 0.6 is 0 Å². The molecular weight excluding hydrogens is 216 g/mol. The van der Waals surface area contributed by atoms with Gasteiger partial charge in [-0.2, -0.15) is 0 Å². The third kappa shape index (κ3) is 2.99. The summed E-state index contributed by atoms with van der Waals surface area (Å²) in [4.78, 5) is 2.34. The Balaban J connectivity index is 1.91. The second-order valence-corrected chi connectivity index (χ2v) is 5.61. The second-order valence-electron chi connectivity index (χ2n) is 5.61. The standard InChI is InChI=1S/C13H24N2O2/c1-2-11-9-15(8-5-12(11)14-17)10-13(16)6-3-4-7-13/h11,16-17H,2-10H2,1H3. The fourth-order valence-corrected chi connectivity index (χ4v) is 3.23. The molecule has 1 heterocycles. The van der Waals surface area contributed by atoms with Crippen LogP contribution in [-0.2, 0) is 0 Å². The van der Waals surface area contributed by atoms with E-state index < -0.39 is 5.60 Å². The molecule has 1 aliphatic heterocycles. The minimum atomic E-state index is -0.452. The van der Waals surface area contributed by atoms with Crippen molar-refractivity contribution in [3.8, 4) is 0 Å². The molecule has 1 aliphatic carbocycles. The van der Waals surface area contributed by atoms with Crippen molar-refractivity contribution in [2.75, 3.05) is 19.6 Å². The number of piperidine rings is 1. The van der Waals surface area contributed by atoms with Gasteiger partial charge in [0.05, 0.1) is 11.3 Å². The Morgan fingerprint density at radius 3 is 2.71 bits per heavy atom. The Morgan fingerprint density at radius 2 is 2.12 bits per heavy atom. The van der Waals surface area contributed by atoms with E-state index in [2.05, 4.69) is 17.0 Å². The predicted molar refractivity (Wildman–Crippen MR) is 67.5 cm³/mol. The normalized spacial score (nSPS) is 32.1. The van der Waals surface area contributed by atoms with Crippen LogP contribution in [0, 0.1) is 5.92 Å². The van der Waals surface area contributed by atoms with Crippen molar-refractivity contribution in [1.29, 1.82) is 0 Å². The van der Waals surface area contributed by atoms with Crippen molar-refractivity contribution >= 4 is 5.71 Å². The van der Waals surface area contributed by atoms with E-state index in [-0.39, 0.29) is 0 Å². The maximum Gasteiger partial charge on any atom is 0.0774 e. The summed E-state index contributed by atoms with van der Waals surface area (Å²) in [6, 6.07) is 0. The molecule has 17 heavy (non-hydrogen) atoms. The molecule has 2 aliphatic rings. The molecule has 2 N–H and O–H groups in total. The fraction of sp³-hybridized carbons (Fsp3) is 0.923. The van der Waals surface area contributed by atoms with Crippen molar-refractivity contribution in [3.63, 3.8) is 0 Å². The van der Waals surface area contributed by atoms with Gasteiger partial charge in [-0.15, -0.1) is 0 Å². The Morgan fingerprint density at radius 1 is 1.41 bits per heavy atom. The lowest BCUT2D eigenvalue weighted by atomic mass is 9.91. The molecule has 98 valence electrons. The molecule has 0 aromatic carbocycles. The van der Waals surface area contributed by atoms with E-state index in [0.717, 1.165) is 63.9 Å². The van der Waals surface area contributed by atoms with Crippen LogP contribution in [0.25, 0.3) is 0 Å². The average Bonchev–Trinajstić information content (AvgIpc) is 2.75. The first-order valence-corrected chi connectivity index (χ1v) is 6.82. The molecule has 1 atom stereocenters. The summed E-state index contributed by atoms with van der Waals surface area (Å²) in [7, 11) is 0. The first-order valence-electron chi connectivity index (χ1n) is 6.82. The van der Waals surface area contributed by atoms with Gasteiger partial charge in [0.25, 0.3) is 0 Å². The minimum Gasteiger partial charge on any atom is -0.411 e. The Bertz CT molecular complexity index is 285. The Hall–Kier alpha value is -0.610. The quantitative estimate of drug-likeness (QED) is 0.585. The van der Waals surface area contributed by atoms with Crippen molar-refractivity contribution in [3.05, 3.63) is 0 Å². The summed E-state index contributed by atoms with van der Waals surface area (Å²) in [5, 5.41) is 22.7. The molecule has 4 heteroatoms. The molecule has 2 fully saturated rings.